The number of aromatic nitrogens is 1. The van der Waals surface area contributed by atoms with Gasteiger partial charge in [0.2, 0.25) is 5.91 Å². The third-order valence-corrected chi connectivity index (χ3v) is 4.64. The first kappa shape index (κ1) is 15.8. The van der Waals surface area contributed by atoms with E-state index >= 15 is 0 Å². The summed E-state index contributed by atoms with van der Waals surface area (Å²) in [5.41, 5.74) is 0.991. The molecule has 0 unspecified atom stereocenters. The van der Waals surface area contributed by atoms with Gasteiger partial charge in [-0.1, -0.05) is 11.6 Å². The molecule has 2 heterocycles. The topological polar surface area (TPSA) is 56.4 Å². The van der Waals surface area contributed by atoms with Gasteiger partial charge in [-0.15, -0.1) is 0 Å². The zero-order valence-electron chi connectivity index (χ0n) is 12.9. The second-order valence-electron chi connectivity index (χ2n) is 5.82. The number of carbonyl (C=O) groups is 2. The largest absolute Gasteiger partial charge is 0.350 e. The number of nitrogens with zero attached hydrogens (tertiary/aromatic N) is 2. The monoisotopic (exact) mass is 337 g/mol. The van der Waals surface area contributed by atoms with E-state index in [1.54, 1.807) is 21.9 Å². The maximum atomic E-state index is 13.5. The molecule has 2 aromatic rings. The lowest BCUT2D eigenvalue weighted by atomic mass is 10.1. The highest BCUT2D eigenvalue weighted by Gasteiger charge is 2.30. The van der Waals surface area contributed by atoms with Crippen LogP contribution in [0.2, 0.25) is 5.02 Å². The van der Waals surface area contributed by atoms with Gasteiger partial charge in [0, 0.05) is 43.5 Å². The molecule has 1 aromatic carbocycles. The molecule has 0 radical (unpaired) electrons. The van der Waals surface area contributed by atoms with E-state index in [1.165, 1.54) is 13.0 Å². The van der Waals surface area contributed by atoms with Gasteiger partial charge in [-0.3, -0.25) is 9.59 Å². The van der Waals surface area contributed by atoms with Crippen molar-refractivity contribution in [1.29, 1.82) is 0 Å². The molecule has 0 bridgehead atoms. The molecule has 0 saturated carbocycles. The van der Waals surface area contributed by atoms with Gasteiger partial charge in [0.1, 0.15) is 11.5 Å². The quantitative estimate of drug-likeness (QED) is 0.869. The van der Waals surface area contributed by atoms with E-state index in [1.807, 2.05) is 6.92 Å². The van der Waals surface area contributed by atoms with Crippen LogP contribution in [0.4, 0.5) is 4.39 Å². The summed E-state index contributed by atoms with van der Waals surface area (Å²) in [7, 11) is 0. The van der Waals surface area contributed by atoms with Crippen LogP contribution in [0.15, 0.2) is 18.2 Å². The molecule has 2 amide bonds. The normalized spacial score (nSPS) is 18.5. The number of rotatable bonds is 1. The number of aromatic amines is 1. The Bertz CT molecular complexity index is 789. The van der Waals surface area contributed by atoms with Crippen LogP contribution in [-0.4, -0.2) is 52.3 Å². The molecule has 0 spiro atoms. The number of hydrogen-bond acceptors (Lipinski definition) is 2. The van der Waals surface area contributed by atoms with Gasteiger partial charge in [-0.25, -0.2) is 4.39 Å². The fraction of sp³-hybridized carbons (Fsp3) is 0.375. The predicted molar refractivity (Wildman–Crippen MR) is 86.0 cm³/mol. The zero-order chi connectivity index (χ0) is 16.7. The van der Waals surface area contributed by atoms with Gasteiger partial charge in [0.25, 0.3) is 5.91 Å². The van der Waals surface area contributed by atoms with Crippen molar-refractivity contribution in [3.05, 3.63) is 34.7 Å². The summed E-state index contributed by atoms with van der Waals surface area (Å²) in [4.78, 5) is 30.6. The van der Waals surface area contributed by atoms with E-state index in [0.717, 1.165) is 0 Å². The van der Waals surface area contributed by atoms with Crippen LogP contribution < -0.4 is 0 Å². The van der Waals surface area contributed by atoms with E-state index in [9.17, 15) is 14.0 Å². The lowest BCUT2D eigenvalue weighted by molar-refractivity contribution is -0.131. The summed E-state index contributed by atoms with van der Waals surface area (Å²) < 4.78 is 13.5. The molecule has 1 aliphatic rings. The SMILES string of the molecule is CC(=O)N1CCN(C(=O)c2cc3c(Cl)c(F)ccc3[nH]2)[C@@H](C)C1. The molecule has 1 aromatic heterocycles. The van der Waals surface area contributed by atoms with Crippen molar-refractivity contribution in [3.63, 3.8) is 0 Å². The van der Waals surface area contributed by atoms with E-state index in [-0.39, 0.29) is 22.9 Å². The lowest BCUT2D eigenvalue weighted by Crippen LogP contribution is -2.55. The smallest absolute Gasteiger partial charge is 0.270 e. The Hall–Kier alpha value is -2.08. The van der Waals surface area contributed by atoms with Gasteiger partial charge in [-0.2, -0.15) is 0 Å². The van der Waals surface area contributed by atoms with Crippen LogP contribution >= 0.6 is 11.6 Å². The van der Waals surface area contributed by atoms with Gasteiger partial charge in [0.15, 0.2) is 0 Å². The number of benzene rings is 1. The Labute approximate surface area is 138 Å². The van der Waals surface area contributed by atoms with Gasteiger partial charge >= 0.3 is 0 Å². The Kier molecular flexibility index (Phi) is 4.02. The highest BCUT2D eigenvalue weighted by Crippen LogP contribution is 2.27. The van der Waals surface area contributed by atoms with E-state index in [0.29, 0.717) is 36.2 Å². The molecule has 1 fully saturated rings. The Morgan fingerprint density at radius 1 is 1.35 bits per heavy atom. The fourth-order valence-electron chi connectivity index (χ4n) is 2.96. The average molecular weight is 338 g/mol. The highest BCUT2D eigenvalue weighted by molar-refractivity contribution is 6.35. The Morgan fingerprint density at radius 3 is 2.74 bits per heavy atom. The Morgan fingerprint density at radius 2 is 2.09 bits per heavy atom. The summed E-state index contributed by atoms with van der Waals surface area (Å²) in [6.07, 6.45) is 0. The number of piperazine rings is 1. The number of fused-ring (bicyclic) bond motifs is 1. The Balaban J connectivity index is 1.86. The average Bonchev–Trinajstić information content (AvgIpc) is 2.95. The molecule has 5 nitrogen and oxygen atoms in total. The number of H-pyrrole nitrogens is 1. The molecule has 7 heteroatoms. The molecular formula is C16H17ClFN3O2. The van der Waals surface area contributed by atoms with Gasteiger partial charge in [-0.05, 0) is 25.1 Å². The molecule has 1 aliphatic heterocycles. The fourth-order valence-corrected chi connectivity index (χ4v) is 3.18. The van der Waals surface area contributed by atoms with Crippen LogP contribution in [0.25, 0.3) is 10.9 Å². The molecule has 1 N–H and O–H groups in total. The summed E-state index contributed by atoms with van der Waals surface area (Å²) in [6, 6.07) is 4.32. The molecule has 1 saturated heterocycles. The number of hydrogen-bond donors (Lipinski definition) is 1. The third-order valence-electron chi connectivity index (χ3n) is 4.25. The minimum atomic E-state index is -0.513. The van der Waals surface area contributed by atoms with E-state index in [4.69, 9.17) is 11.6 Å². The molecule has 0 aliphatic carbocycles. The van der Waals surface area contributed by atoms with Crippen LogP contribution in [0.1, 0.15) is 24.3 Å². The van der Waals surface area contributed by atoms with Crippen molar-refractivity contribution < 1.29 is 14.0 Å². The summed E-state index contributed by atoms with van der Waals surface area (Å²) in [6.45, 7) is 4.93. The highest BCUT2D eigenvalue weighted by atomic mass is 35.5. The van der Waals surface area contributed by atoms with E-state index in [2.05, 4.69) is 4.98 Å². The van der Waals surface area contributed by atoms with Crippen LogP contribution in [-0.2, 0) is 4.79 Å². The summed E-state index contributed by atoms with van der Waals surface area (Å²) in [5, 5.41) is 0.497. The predicted octanol–water partition coefficient (Wildman–Crippen LogP) is 2.65. The minimum Gasteiger partial charge on any atom is -0.350 e. The zero-order valence-corrected chi connectivity index (χ0v) is 13.7. The lowest BCUT2D eigenvalue weighted by Gasteiger charge is -2.39. The number of amides is 2. The first-order valence-corrected chi connectivity index (χ1v) is 7.79. The van der Waals surface area contributed by atoms with Crippen LogP contribution in [0.5, 0.6) is 0 Å². The molecular weight excluding hydrogens is 321 g/mol. The molecule has 122 valence electrons. The summed E-state index contributed by atoms with van der Waals surface area (Å²) >= 11 is 5.95. The molecule has 3 rings (SSSR count). The van der Waals surface area contributed by atoms with Crippen molar-refractivity contribution in [2.24, 2.45) is 0 Å². The van der Waals surface area contributed by atoms with Crippen LogP contribution in [0.3, 0.4) is 0 Å². The second kappa shape index (κ2) is 5.85. The third kappa shape index (κ3) is 2.79. The molecule has 23 heavy (non-hydrogen) atoms. The van der Waals surface area contributed by atoms with Crippen LogP contribution in [0, 0.1) is 5.82 Å². The van der Waals surface area contributed by atoms with Crippen molar-refractivity contribution >= 4 is 34.3 Å². The number of carbonyl (C=O) groups excluding carboxylic acids is 2. The van der Waals surface area contributed by atoms with Crippen molar-refractivity contribution in [1.82, 2.24) is 14.8 Å². The first-order valence-electron chi connectivity index (χ1n) is 7.41. The van der Waals surface area contributed by atoms with Gasteiger partial charge in [0.05, 0.1) is 5.02 Å². The standard InChI is InChI=1S/C16H17ClFN3O2/c1-9-8-20(10(2)22)5-6-21(9)16(23)14-7-11-13(19-14)4-3-12(18)15(11)17/h3-4,7,9,19H,5-6,8H2,1-2H3/t9-/m0/s1. The first-order chi connectivity index (χ1) is 10.9. The second-order valence-corrected chi connectivity index (χ2v) is 6.20. The minimum absolute atomic E-state index is 0.00671. The maximum Gasteiger partial charge on any atom is 0.270 e. The number of halogens is 2. The van der Waals surface area contributed by atoms with Crippen molar-refractivity contribution in [2.45, 2.75) is 19.9 Å². The molecule has 1 atom stereocenters. The van der Waals surface area contributed by atoms with Crippen molar-refractivity contribution in [2.75, 3.05) is 19.6 Å². The maximum absolute atomic E-state index is 13.5. The van der Waals surface area contributed by atoms with Gasteiger partial charge < -0.3 is 14.8 Å². The van der Waals surface area contributed by atoms with Crippen molar-refractivity contribution in [3.8, 4) is 0 Å². The number of nitrogens with one attached hydrogen (secondary N) is 1. The van der Waals surface area contributed by atoms with E-state index < -0.39 is 5.82 Å². The summed E-state index contributed by atoms with van der Waals surface area (Å²) in [5.74, 6) is -0.675.